The number of nitrogens with one attached hydrogen (secondary N) is 1. The molecule has 0 heterocycles. The lowest BCUT2D eigenvalue weighted by Gasteiger charge is -2.10. The highest BCUT2D eigenvalue weighted by Crippen LogP contribution is 2.40. The molecule has 0 spiro atoms. The van der Waals surface area contributed by atoms with Gasteiger partial charge in [0.1, 0.15) is 0 Å². The van der Waals surface area contributed by atoms with E-state index in [9.17, 15) is 14.7 Å². The van der Waals surface area contributed by atoms with Crippen molar-refractivity contribution in [3.63, 3.8) is 0 Å². The van der Waals surface area contributed by atoms with E-state index >= 15 is 0 Å². The second kappa shape index (κ2) is 4.39. The van der Waals surface area contributed by atoms with Gasteiger partial charge in [-0.3, -0.25) is 19.7 Å². The highest BCUT2D eigenvalue weighted by molar-refractivity contribution is 7.54. The highest BCUT2D eigenvalue weighted by Gasteiger charge is 2.16. The molecule has 0 aliphatic rings. The van der Waals surface area contributed by atoms with Crippen LogP contribution in [-0.2, 0) is 9.09 Å². The molecular weight excluding hydrogens is 223 g/mol. The number of rotatable bonds is 4. The van der Waals surface area contributed by atoms with Gasteiger partial charge in [-0.25, -0.2) is 4.57 Å². The van der Waals surface area contributed by atoms with Crippen LogP contribution in [0.4, 0.5) is 11.4 Å². The lowest BCUT2D eigenvalue weighted by molar-refractivity contribution is -0.384. The van der Waals surface area contributed by atoms with Crippen LogP contribution in [0, 0.1) is 10.1 Å². The second-order valence-corrected chi connectivity index (χ2v) is 4.25. The summed E-state index contributed by atoms with van der Waals surface area (Å²) in [5.41, 5.74) is 0.180. The predicted octanol–water partition coefficient (Wildman–Crippen LogP) is 1.75. The third-order valence-corrected chi connectivity index (χ3v) is 2.63. The molecule has 0 saturated heterocycles. The first-order valence-corrected chi connectivity index (χ1v) is 5.43. The third kappa shape index (κ3) is 3.32. The first-order chi connectivity index (χ1) is 6.94. The summed E-state index contributed by atoms with van der Waals surface area (Å²) in [7, 11) is -2.77. The van der Waals surface area contributed by atoms with Gasteiger partial charge in [-0.15, -0.1) is 0 Å². The van der Waals surface area contributed by atoms with Crippen LogP contribution in [0.15, 0.2) is 24.3 Å². The van der Waals surface area contributed by atoms with Crippen molar-refractivity contribution in [2.45, 2.75) is 0 Å². The van der Waals surface area contributed by atoms with E-state index in [4.69, 9.17) is 4.89 Å². The Kier molecular flexibility index (Phi) is 3.41. The minimum Gasteiger partial charge on any atom is -0.308 e. The number of nitro benzene ring substituents is 1. The molecule has 7 nitrogen and oxygen atoms in total. The van der Waals surface area contributed by atoms with Crippen molar-refractivity contribution in [3.05, 3.63) is 34.4 Å². The molecule has 1 aromatic carbocycles. The van der Waals surface area contributed by atoms with Gasteiger partial charge in [-0.1, -0.05) is 0 Å². The van der Waals surface area contributed by atoms with Gasteiger partial charge in [0.2, 0.25) is 0 Å². The molecule has 1 atom stereocenters. The zero-order valence-corrected chi connectivity index (χ0v) is 8.68. The van der Waals surface area contributed by atoms with Crippen LogP contribution in [0.5, 0.6) is 0 Å². The third-order valence-electron chi connectivity index (χ3n) is 1.60. The van der Waals surface area contributed by atoms with Crippen molar-refractivity contribution in [2.24, 2.45) is 0 Å². The fourth-order valence-corrected chi connectivity index (χ4v) is 1.43. The maximum absolute atomic E-state index is 11.1. The van der Waals surface area contributed by atoms with Gasteiger partial charge in [0, 0.05) is 24.9 Å². The van der Waals surface area contributed by atoms with Crippen molar-refractivity contribution in [1.29, 1.82) is 0 Å². The monoisotopic (exact) mass is 232 g/mol. The van der Waals surface area contributed by atoms with Crippen LogP contribution in [0.1, 0.15) is 0 Å². The van der Waals surface area contributed by atoms with Crippen LogP contribution in [0.25, 0.3) is 0 Å². The molecule has 1 unspecified atom stereocenters. The van der Waals surface area contributed by atoms with E-state index in [1.54, 1.807) is 0 Å². The number of non-ortho nitro benzene ring substituents is 1. The van der Waals surface area contributed by atoms with Crippen LogP contribution >= 0.6 is 7.75 Å². The summed E-state index contributed by atoms with van der Waals surface area (Å²) in [6.07, 6.45) is 0. The smallest absolute Gasteiger partial charge is 0.308 e. The van der Waals surface area contributed by atoms with Gasteiger partial charge < -0.3 is 4.89 Å². The van der Waals surface area contributed by atoms with Gasteiger partial charge in [-0.05, 0) is 12.1 Å². The van der Waals surface area contributed by atoms with E-state index in [0.29, 0.717) is 0 Å². The quantitative estimate of drug-likeness (QED) is 0.465. The zero-order valence-electron chi connectivity index (χ0n) is 7.78. The molecular formula is C7H9N2O5P. The summed E-state index contributed by atoms with van der Waals surface area (Å²) in [5, 5.41) is 12.5. The molecule has 0 bridgehead atoms. The van der Waals surface area contributed by atoms with Gasteiger partial charge in [-0.2, -0.15) is 0 Å². The summed E-state index contributed by atoms with van der Waals surface area (Å²) >= 11 is 0. The topological polar surface area (TPSA) is 102 Å². The molecule has 0 aromatic heterocycles. The fourth-order valence-electron chi connectivity index (χ4n) is 0.866. The Morgan fingerprint density at radius 2 is 2.00 bits per heavy atom. The SMILES string of the molecule is COP(=O)(O)Nc1ccc([N+](=O)[O-])cc1. The van der Waals surface area contributed by atoms with Crippen molar-refractivity contribution in [1.82, 2.24) is 0 Å². The lowest BCUT2D eigenvalue weighted by atomic mass is 10.3. The first kappa shape index (κ1) is 11.6. The molecule has 2 N–H and O–H groups in total. The normalized spacial score (nSPS) is 14.3. The van der Waals surface area contributed by atoms with Crippen LogP contribution in [0.3, 0.4) is 0 Å². The van der Waals surface area contributed by atoms with Crippen molar-refractivity contribution < 1.29 is 18.9 Å². The minimum atomic E-state index is -3.85. The van der Waals surface area contributed by atoms with Crippen molar-refractivity contribution >= 4 is 19.1 Å². The van der Waals surface area contributed by atoms with E-state index in [1.807, 2.05) is 0 Å². The summed E-state index contributed by atoms with van der Waals surface area (Å²) < 4.78 is 15.3. The molecule has 1 aromatic rings. The number of anilines is 1. The van der Waals surface area contributed by atoms with Crippen LogP contribution in [-0.4, -0.2) is 16.9 Å². The second-order valence-electron chi connectivity index (χ2n) is 2.62. The number of nitrogens with zero attached hydrogens (tertiary/aromatic N) is 1. The molecule has 8 heteroatoms. The maximum Gasteiger partial charge on any atom is 0.429 e. The largest absolute Gasteiger partial charge is 0.429 e. The minimum absolute atomic E-state index is 0.0919. The van der Waals surface area contributed by atoms with Gasteiger partial charge in [0.25, 0.3) is 5.69 Å². The maximum atomic E-state index is 11.1. The zero-order chi connectivity index (χ0) is 11.5. The standard InChI is InChI=1S/C7H9N2O5P/c1-14-15(12,13)8-6-2-4-7(5-3-6)9(10)11/h2-5H,1H3,(H2,8,12,13). The van der Waals surface area contributed by atoms with E-state index in [-0.39, 0.29) is 11.4 Å². The molecule has 0 amide bonds. The summed E-state index contributed by atoms with van der Waals surface area (Å²) in [5.74, 6) is 0. The van der Waals surface area contributed by atoms with Gasteiger partial charge in [0.05, 0.1) is 4.92 Å². The van der Waals surface area contributed by atoms with Crippen LogP contribution < -0.4 is 5.09 Å². The fraction of sp³-hybridized carbons (Fsp3) is 0.143. The predicted molar refractivity (Wildman–Crippen MR) is 53.6 cm³/mol. The van der Waals surface area contributed by atoms with Crippen molar-refractivity contribution in [2.75, 3.05) is 12.2 Å². The lowest BCUT2D eigenvalue weighted by Crippen LogP contribution is -1.97. The van der Waals surface area contributed by atoms with E-state index < -0.39 is 12.7 Å². The Balaban J connectivity index is 2.82. The van der Waals surface area contributed by atoms with Gasteiger partial charge in [0.15, 0.2) is 0 Å². The molecule has 15 heavy (non-hydrogen) atoms. The van der Waals surface area contributed by atoms with Gasteiger partial charge >= 0.3 is 7.75 Å². The Morgan fingerprint density at radius 3 is 2.40 bits per heavy atom. The average Bonchev–Trinajstić information content (AvgIpc) is 2.18. The highest BCUT2D eigenvalue weighted by atomic mass is 31.2. The Bertz CT molecular complexity index is 404. The summed E-state index contributed by atoms with van der Waals surface area (Å²) in [6, 6.07) is 5.08. The van der Waals surface area contributed by atoms with E-state index in [0.717, 1.165) is 7.11 Å². The summed E-state index contributed by atoms with van der Waals surface area (Å²) in [4.78, 5) is 18.8. The first-order valence-electron chi connectivity index (χ1n) is 3.86. The molecule has 0 fully saturated rings. The Labute approximate surface area is 85.4 Å². The summed E-state index contributed by atoms with van der Waals surface area (Å²) in [6.45, 7) is 0. The molecule has 82 valence electrons. The Hall–Kier alpha value is -1.43. The molecule has 0 aliphatic heterocycles. The molecule has 0 saturated carbocycles. The number of nitro groups is 1. The van der Waals surface area contributed by atoms with E-state index in [2.05, 4.69) is 9.61 Å². The molecule has 0 radical (unpaired) electrons. The van der Waals surface area contributed by atoms with Crippen LogP contribution in [0.2, 0.25) is 0 Å². The Morgan fingerprint density at radius 1 is 1.47 bits per heavy atom. The van der Waals surface area contributed by atoms with Crippen molar-refractivity contribution in [3.8, 4) is 0 Å². The van der Waals surface area contributed by atoms with E-state index in [1.165, 1.54) is 24.3 Å². The molecule has 1 rings (SSSR count). The average molecular weight is 232 g/mol. The number of benzene rings is 1. The number of hydrogen-bond donors (Lipinski definition) is 2. The molecule has 0 aliphatic carbocycles. The number of hydrogen-bond acceptors (Lipinski definition) is 4.